The van der Waals surface area contributed by atoms with E-state index < -0.39 is 12.7 Å². The van der Waals surface area contributed by atoms with Crippen LogP contribution in [0.3, 0.4) is 0 Å². The highest BCUT2D eigenvalue weighted by Crippen LogP contribution is 2.32. The number of nitrogens with zero attached hydrogens (tertiary/aromatic N) is 2. The Bertz CT molecular complexity index is 639. The molecule has 0 bridgehead atoms. The van der Waals surface area contributed by atoms with E-state index in [-0.39, 0.29) is 17.9 Å². The first-order valence-electron chi connectivity index (χ1n) is 6.36. The third kappa shape index (κ3) is 2.88. The summed E-state index contributed by atoms with van der Waals surface area (Å²) in [6.07, 6.45) is -0.386. The first kappa shape index (κ1) is 15.0. The first-order chi connectivity index (χ1) is 10.1. The molecule has 1 heterocycles. The number of nitrogen functional groups attached to an aromatic ring is 1. The lowest BCUT2D eigenvalue weighted by atomic mass is 10.1. The molecule has 112 valence electrons. The van der Waals surface area contributed by atoms with Gasteiger partial charge in [0.15, 0.2) is 6.29 Å². The van der Waals surface area contributed by atoms with Crippen LogP contribution in [0.1, 0.15) is 10.4 Å². The summed E-state index contributed by atoms with van der Waals surface area (Å²) in [5, 5.41) is 22.7. The van der Waals surface area contributed by atoms with Crippen molar-refractivity contribution in [2.45, 2.75) is 12.6 Å². The molecule has 1 atom stereocenters. The molecule has 0 aliphatic carbocycles. The van der Waals surface area contributed by atoms with Crippen molar-refractivity contribution in [3.63, 3.8) is 0 Å². The summed E-state index contributed by atoms with van der Waals surface area (Å²) in [4.78, 5) is 11.3. The highest BCUT2D eigenvalue weighted by atomic mass is 16.5. The van der Waals surface area contributed by atoms with Gasteiger partial charge < -0.3 is 20.7 Å². The Labute approximate surface area is 121 Å². The fourth-order valence-corrected chi connectivity index (χ4v) is 2.04. The minimum absolute atomic E-state index is 0.00166. The number of anilines is 1. The van der Waals surface area contributed by atoms with Gasteiger partial charge in [-0.05, 0) is 12.1 Å². The fraction of sp³-hybridized carbons (Fsp3) is 0.286. The van der Waals surface area contributed by atoms with Crippen molar-refractivity contribution in [1.29, 1.82) is 0 Å². The molecule has 0 radical (unpaired) electrons. The number of carbonyl (C=O) groups is 1. The Morgan fingerprint density at radius 1 is 1.48 bits per heavy atom. The van der Waals surface area contributed by atoms with Crippen molar-refractivity contribution in [2.75, 3.05) is 19.5 Å². The highest BCUT2D eigenvalue weighted by Gasteiger charge is 2.20. The molecule has 1 unspecified atom stereocenters. The van der Waals surface area contributed by atoms with E-state index in [0.717, 1.165) is 0 Å². The van der Waals surface area contributed by atoms with Gasteiger partial charge in [0.05, 0.1) is 31.9 Å². The van der Waals surface area contributed by atoms with Crippen molar-refractivity contribution >= 4 is 12.1 Å². The van der Waals surface area contributed by atoms with E-state index in [1.54, 1.807) is 24.3 Å². The number of para-hydroxylation sites is 1. The minimum atomic E-state index is -1.00. The quantitative estimate of drug-likeness (QED) is 0.660. The monoisotopic (exact) mass is 291 g/mol. The van der Waals surface area contributed by atoms with Crippen molar-refractivity contribution in [2.24, 2.45) is 0 Å². The zero-order valence-electron chi connectivity index (χ0n) is 11.6. The van der Waals surface area contributed by atoms with Crippen LogP contribution < -0.4 is 10.5 Å². The van der Waals surface area contributed by atoms with Gasteiger partial charge in [-0.15, -0.1) is 0 Å². The Morgan fingerprint density at radius 2 is 2.19 bits per heavy atom. The van der Waals surface area contributed by atoms with E-state index >= 15 is 0 Å². The third-order valence-electron chi connectivity index (χ3n) is 3.10. The number of hydrogen-bond acceptors (Lipinski definition) is 6. The lowest BCUT2D eigenvalue weighted by Gasteiger charge is -2.08. The second-order valence-electron chi connectivity index (χ2n) is 4.48. The number of ether oxygens (including phenoxy) is 1. The van der Waals surface area contributed by atoms with Gasteiger partial charge in [0.1, 0.15) is 17.3 Å². The number of aliphatic hydroxyl groups excluding tert-OH is 2. The summed E-state index contributed by atoms with van der Waals surface area (Å²) in [6.45, 7) is -0.419. The molecule has 7 nitrogen and oxygen atoms in total. The summed E-state index contributed by atoms with van der Waals surface area (Å²) < 4.78 is 6.55. The van der Waals surface area contributed by atoms with Crippen LogP contribution in [0, 0.1) is 0 Å². The maximum Gasteiger partial charge on any atom is 0.156 e. The van der Waals surface area contributed by atoms with Gasteiger partial charge in [0.25, 0.3) is 0 Å². The van der Waals surface area contributed by atoms with Gasteiger partial charge in [-0.2, -0.15) is 5.10 Å². The second kappa shape index (κ2) is 6.38. The van der Waals surface area contributed by atoms with Gasteiger partial charge in [-0.1, -0.05) is 12.1 Å². The third-order valence-corrected chi connectivity index (χ3v) is 3.10. The predicted molar refractivity (Wildman–Crippen MR) is 77.1 cm³/mol. The van der Waals surface area contributed by atoms with Gasteiger partial charge in [0.2, 0.25) is 0 Å². The number of rotatable bonds is 6. The summed E-state index contributed by atoms with van der Waals surface area (Å²) in [6, 6.07) is 7.12. The molecule has 0 saturated heterocycles. The summed E-state index contributed by atoms with van der Waals surface area (Å²) in [7, 11) is 1.52. The smallest absolute Gasteiger partial charge is 0.156 e. The molecule has 1 aromatic heterocycles. The van der Waals surface area contributed by atoms with Crippen LogP contribution >= 0.6 is 0 Å². The average molecular weight is 291 g/mol. The molecule has 4 N–H and O–H groups in total. The van der Waals surface area contributed by atoms with Crippen LogP contribution in [0.2, 0.25) is 0 Å². The maximum absolute atomic E-state index is 11.3. The van der Waals surface area contributed by atoms with Crippen LogP contribution in [0.15, 0.2) is 24.3 Å². The standard InChI is InChI=1S/C14H17N3O4/c1-21-12-5-3-2-4-10(12)13-11(8-19)14(15)17(16-13)6-9(20)7-18/h2-5,8-9,18,20H,6-7,15H2,1H3. The van der Waals surface area contributed by atoms with E-state index in [9.17, 15) is 9.90 Å². The van der Waals surface area contributed by atoms with Crippen LogP contribution in [0.4, 0.5) is 5.82 Å². The molecular formula is C14H17N3O4. The highest BCUT2D eigenvalue weighted by molar-refractivity contribution is 5.92. The van der Waals surface area contributed by atoms with Gasteiger partial charge in [-0.25, -0.2) is 4.68 Å². The topological polar surface area (TPSA) is 111 Å². The van der Waals surface area contributed by atoms with Crippen molar-refractivity contribution in [3.05, 3.63) is 29.8 Å². The van der Waals surface area contributed by atoms with Crippen molar-refractivity contribution in [3.8, 4) is 17.0 Å². The largest absolute Gasteiger partial charge is 0.496 e. The first-order valence-corrected chi connectivity index (χ1v) is 6.36. The van der Waals surface area contributed by atoms with E-state index in [1.165, 1.54) is 11.8 Å². The van der Waals surface area contributed by atoms with E-state index in [1.807, 2.05) is 0 Å². The van der Waals surface area contributed by atoms with Crippen LogP contribution in [-0.4, -0.2) is 46.1 Å². The van der Waals surface area contributed by atoms with Gasteiger partial charge >= 0.3 is 0 Å². The molecule has 2 rings (SSSR count). The van der Waals surface area contributed by atoms with Crippen LogP contribution in [-0.2, 0) is 6.54 Å². The number of carbonyl (C=O) groups excluding carboxylic acids is 1. The molecule has 0 amide bonds. The maximum atomic E-state index is 11.3. The Morgan fingerprint density at radius 3 is 2.81 bits per heavy atom. The normalized spacial score (nSPS) is 12.1. The van der Waals surface area contributed by atoms with Gasteiger partial charge in [-0.3, -0.25) is 4.79 Å². The number of aromatic nitrogens is 2. The summed E-state index contributed by atoms with van der Waals surface area (Å²) in [5.41, 5.74) is 7.12. The molecule has 2 aromatic rings. The van der Waals surface area contributed by atoms with Crippen LogP contribution in [0.5, 0.6) is 5.75 Å². The number of methoxy groups -OCH3 is 1. The molecule has 0 aliphatic heterocycles. The summed E-state index contributed by atoms with van der Waals surface area (Å²) >= 11 is 0. The van der Waals surface area contributed by atoms with Crippen molar-refractivity contribution < 1.29 is 19.7 Å². The average Bonchev–Trinajstić information content (AvgIpc) is 2.83. The SMILES string of the molecule is COc1ccccc1-c1nn(CC(O)CO)c(N)c1C=O. The zero-order chi connectivity index (χ0) is 15.4. The fourth-order valence-electron chi connectivity index (χ4n) is 2.04. The van der Waals surface area contributed by atoms with E-state index in [4.69, 9.17) is 15.6 Å². The zero-order valence-corrected chi connectivity index (χ0v) is 11.6. The molecule has 0 fully saturated rings. The Hall–Kier alpha value is -2.38. The second-order valence-corrected chi connectivity index (χ2v) is 4.48. The number of aliphatic hydroxyl groups is 2. The lowest BCUT2D eigenvalue weighted by molar-refractivity contribution is 0.0788. The molecular weight excluding hydrogens is 274 g/mol. The number of aldehydes is 1. The molecule has 0 aliphatic rings. The Balaban J connectivity index is 2.53. The molecule has 0 saturated carbocycles. The van der Waals surface area contributed by atoms with E-state index in [0.29, 0.717) is 23.3 Å². The minimum Gasteiger partial charge on any atom is -0.496 e. The summed E-state index contributed by atoms with van der Waals surface area (Å²) in [5.74, 6) is 0.700. The van der Waals surface area contributed by atoms with Crippen LogP contribution in [0.25, 0.3) is 11.3 Å². The number of nitrogens with two attached hydrogens (primary N) is 1. The van der Waals surface area contributed by atoms with Gasteiger partial charge in [0, 0.05) is 5.56 Å². The number of hydrogen-bond donors (Lipinski definition) is 3. The molecule has 0 spiro atoms. The predicted octanol–water partition coefficient (Wildman–Crippen LogP) is 0.307. The number of benzene rings is 1. The van der Waals surface area contributed by atoms with E-state index in [2.05, 4.69) is 5.10 Å². The molecule has 21 heavy (non-hydrogen) atoms. The molecule has 7 heteroatoms. The van der Waals surface area contributed by atoms with Crippen molar-refractivity contribution in [1.82, 2.24) is 9.78 Å². The lowest BCUT2D eigenvalue weighted by Crippen LogP contribution is -2.21. The Kier molecular flexibility index (Phi) is 4.56. The molecule has 1 aromatic carbocycles.